The first-order valence-electron chi connectivity index (χ1n) is 9.11. The van der Waals surface area contributed by atoms with Gasteiger partial charge in [-0.05, 0) is 30.2 Å². The van der Waals surface area contributed by atoms with Crippen molar-refractivity contribution in [1.29, 1.82) is 0 Å². The second-order valence-corrected chi connectivity index (χ2v) is 6.57. The third-order valence-corrected chi connectivity index (χ3v) is 4.85. The molecule has 3 heterocycles. The minimum absolute atomic E-state index is 0.476. The second kappa shape index (κ2) is 7.79. The Bertz CT molecular complexity index is 802. The van der Waals surface area contributed by atoms with Gasteiger partial charge < -0.3 is 19.5 Å². The lowest BCUT2D eigenvalue weighted by molar-refractivity contribution is -0.143. The van der Waals surface area contributed by atoms with E-state index in [1.807, 2.05) is 11.0 Å². The van der Waals surface area contributed by atoms with E-state index in [4.69, 9.17) is 9.47 Å². The number of carbonyl (C=O) groups is 1. The zero-order valence-electron chi connectivity index (χ0n) is 15.0. The number of aromatic nitrogens is 2. The van der Waals surface area contributed by atoms with E-state index in [0.29, 0.717) is 55.9 Å². The Labute approximate surface area is 157 Å². The number of aliphatic carboxylic acids is 1. The summed E-state index contributed by atoms with van der Waals surface area (Å²) in [6.07, 6.45) is 4.28. The summed E-state index contributed by atoms with van der Waals surface area (Å²) in [6, 6.07) is 6.46. The van der Waals surface area contributed by atoms with Crippen LogP contribution in [0.5, 0.6) is 11.5 Å². The Kier molecular flexibility index (Phi) is 5.06. The fraction of sp³-hybridized carbons (Fsp3) is 0.421. The van der Waals surface area contributed by atoms with Crippen molar-refractivity contribution in [3.63, 3.8) is 0 Å². The molecule has 1 aromatic carbocycles. The van der Waals surface area contributed by atoms with Crippen LogP contribution in [-0.2, 0) is 4.79 Å². The Hall–Kier alpha value is -2.87. The van der Waals surface area contributed by atoms with Crippen molar-refractivity contribution >= 4 is 11.9 Å². The van der Waals surface area contributed by atoms with Gasteiger partial charge in [0, 0.05) is 38.6 Å². The summed E-state index contributed by atoms with van der Waals surface area (Å²) in [6.45, 7) is 3.77. The van der Waals surface area contributed by atoms with Crippen LogP contribution in [0.2, 0.25) is 0 Å². The van der Waals surface area contributed by atoms with E-state index >= 15 is 0 Å². The second-order valence-electron chi connectivity index (χ2n) is 6.57. The highest BCUT2D eigenvalue weighted by atomic mass is 16.6. The van der Waals surface area contributed by atoms with Crippen LogP contribution in [0.25, 0.3) is 0 Å². The summed E-state index contributed by atoms with van der Waals surface area (Å²) in [5, 5.41) is 9.91. The molecule has 1 saturated heterocycles. The monoisotopic (exact) mass is 370 g/mol. The molecule has 0 aliphatic carbocycles. The van der Waals surface area contributed by atoms with Crippen molar-refractivity contribution < 1.29 is 19.4 Å². The molecule has 2 aliphatic rings. The molecule has 8 heteroatoms. The molecule has 1 atom stereocenters. The Balaban J connectivity index is 1.53. The average Bonchev–Trinajstić information content (AvgIpc) is 2.95. The molecule has 0 unspecified atom stereocenters. The first kappa shape index (κ1) is 17.5. The highest BCUT2D eigenvalue weighted by molar-refractivity contribution is 5.76. The number of anilines is 1. The maximum Gasteiger partial charge on any atom is 0.325 e. The van der Waals surface area contributed by atoms with Crippen molar-refractivity contribution in [3.8, 4) is 11.5 Å². The van der Waals surface area contributed by atoms with E-state index in [-0.39, 0.29) is 0 Å². The van der Waals surface area contributed by atoms with Gasteiger partial charge in [-0.15, -0.1) is 0 Å². The topological polar surface area (TPSA) is 88.0 Å². The number of carboxylic acids is 1. The van der Waals surface area contributed by atoms with Gasteiger partial charge in [0.15, 0.2) is 11.5 Å². The molecule has 0 amide bonds. The van der Waals surface area contributed by atoms with Crippen LogP contribution in [0.15, 0.2) is 36.7 Å². The number of hydrogen-bond donors (Lipinski definition) is 1. The fourth-order valence-corrected chi connectivity index (χ4v) is 3.59. The normalized spacial score (nSPS) is 18.6. The van der Waals surface area contributed by atoms with Gasteiger partial charge in [0.1, 0.15) is 19.3 Å². The molecule has 27 heavy (non-hydrogen) atoms. The molecule has 4 rings (SSSR count). The fourth-order valence-electron chi connectivity index (χ4n) is 3.59. The predicted molar refractivity (Wildman–Crippen MR) is 98.2 cm³/mol. The summed E-state index contributed by atoms with van der Waals surface area (Å²) in [5.41, 5.74) is 0.705. The van der Waals surface area contributed by atoms with E-state index in [2.05, 4.69) is 14.9 Å². The highest BCUT2D eigenvalue weighted by Crippen LogP contribution is 2.34. The van der Waals surface area contributed by atoms with Gasteiger partial charge in [-0.3, -0.25) is 9.69 Å². The smallest absolute Gasteiger partial charge is 0.325 e. The van der Waals surface area contributed by atoms with Gasteiger partial charge in [-0.2, -0.15) is 0 Å². The predicted octanol–water partition coefficient (Wildman–Crippen LogP) is 1.59. The molecule has 0 bridgehead atoms. The van der Waals surface area contributed by atoms with Crippen LogP contribution < -0.4 is 14.4 Å². The Morgan fingerprint density at radius 2 is 1.81 bits per heavy atom. The number of hydrogen-bond acceptors (Lipinski definition) is 7. The van der Waals surface area contributed by atoms with E-state index in [1.54, 1.807) is 30.6 Å². The number of nitrogens with zero attached hydrogens (tertiary/aromatic N) is 4. The summed E-state index contributed by atoms with van der Waals surface area (Å²) in [5.74, 6) is 1.10. The van der Waals surface area contributed by atoms with Gasteiger partial charge in [0.05, 0.1) is 0 Å². The standard InChI is InChI=1S/C19H22N4O4/c24-18(25)17(14-3-4-15-16(13-14)27-12-11-26-15)22-7-2-8-23(10-9-22)19-20-5-1-6-21-19/h1,3-6,13,17H,2,7-12H2,(H,24,25)/t17-/m1/s1. The molecule has 1 N–H and O–H groups in total. The van der Waals surface area contributed by atoms with Crippen LogP contribution >= 0.6 is 0 Å². The third kappa shape index (κ3) is 3.80. The molecule has 142 valence electrons. The van der Waals surface area contributed by atoms with Crippen LogP contribution in [0, 0.1) is 0 Å². The summed E-state index contributed by atoms with van der Waals surface area (Å²) >= 11 is 0. The molecule has 8 nitrogen and oxygen atoms in total. The molecule has 0 radical (unpaired) electrons. The number of carboxylic acid groups (broad SMARTS) is 1. The number of benzene rings is 1. The molecular weight excluding hydrogens is 348 g/mol. The Morgan fingerprint density at radius 3 is 2.59 bits per heavy atom. The largest absolute Gasteiger partial charge is 0.486 e. The van der Waals surface area contributed by atoms with Gasteiger partial charge in [0.25, 0.3) is 0 Å². The summed E-state index contributed by atoms with van der Waals surface area (Å²) in [4.78, 5) is 24.8. The maximum atomic E-state index is 12.1. The lowest BCUT2D eigenvalue weighted by Crippen LogP contribution is -2.37. The van der Waals surface area contributed by atoms with Crippen LogP contribution in [0.3, 0.4) is 0 Å². The van der Waals surface area contributed by atoms with E-state index in [9.17, 15) is 9.90 Å². The van der Waals surface area contributed by atoms with Gasteiger partial charge in [-0.1, -0.05) is 6.07 Å². The molecule has 2 aliphatic heterocycles. The van der Waals surface area contributed by atoms with Crippen molar-refractivity contribution in [2.45, 2.75) is 12.5 Å². The highest BCUT2D eigenvalue weighted by Gasteiger charge is 2.30. The maximum absolute atomic E-state index is 12.1. The van der Waals surface area contributed by atoms with Crippen LogP contribution in [0.1, 0.15) is 18.0 Å². The molecular formula is C19H22N4O4. The Morgan fingerprint density at radius 1 is 1.04 bits per heavy atom. The quantitative estimate of drug-likeness (QED) is 0.868. The number of fused-ring (bicyclic) bond motifs is 1. The molecule has 0 saturated carbocycles. The first-order chi connectivity index (χ1) is 13.2. The lowest BCUT2D eigenvalue weighted by atomic mass is 10.0. The van der Waals surface area contributed by atoms with Gasteiger partial charge in [-0.25, -0.2) is 9.97 Å². The van der Waals surface area contributed by atoms with Crippen molar-refractivity contribution in [1.82, 2.24) is 14.9 Å². The van der Waals surface area contributed by atoms with Crippen molar-refractivity contribution in [2.24, 2.45) is 0 Å². The zero-order chi connectivity index (χ0) is 18.6. The minimum atomic E-state index is -0.865. The minimum Gasteiger partial charge on any atom is -0.486 e. The van der Waals surface area contributed by atoms with Gasteiger partial charge in [0.2, 0.25) is 5.95 Å². The third-order valence-electron chi connectivity index (χ3n) is 4.85. The number of ether oxygens (including phenoxy) is 2. The molecule has 0 spiro atoms. The van der Waals surface area contributed by atoms with E-state index in [1.165, 1.54) is 0 Å². The lowest BCUT2D eigenvalue weighted by Gasteiger charge is -2.29. The van der Waals surface area contributed by atoms with E-state index < -0.39 is 12.0 Å². The molecule has 1 fully saturated rings. The van der Waals surface area contributed by atoms with E-state index in [0.717, 1.165) is 13.0 Å². The first-order valence-corrected chi connectivity index (χ1v) is 9.11. The van der Waals surface area contributed by atoms with Crippen LogP contribution in [0.4, 0.5) is 5.95 Å². The molecule has 2 aromatic rings. The molecule has 1 aromatic heterocycles. The van der Waals surface area contributed by atoms with Crippen molar-refractivity contribution in [3.05, 3.63) is 42.2 Å². The average molecular weight is 370 g/mol. The van der Waals surface area contributed by atoms with Crippen LogP contribution in [-0.4, -0.2) is 65.3 Å². The summed E-state index contributed by atoms with van der Waals surface area (Å²) in [7, 11) is 0. The van der Waals surface area contributed by atoms with Crippen molar-refractivity contribution in [2.75, 3.05) is 44.3 Å². The number of rotatable bonds is 4. The summed E-state index contributed by atoms with van der Waals surface area (Å²) < 4.78 is 11.2. The zero-order valence-corrected chi connectivity index (χ0v) is 15.0. The van der Waals surface area contributed by atoms with Gasteiger partial charge >= 0.3 is 5.97 Å². The SMILES string of the molecule is O=C(O)[C@@H](c1ccc2c(c1)OCCO2)N1CCCN(c2ncccn2)CC1.